The first-order valence-electron chi connectivity index (χ1n) is 5.33. The van der Waals surface area contributed by atoms with Crippen molar-refractivity contribution in [2.75, 3.05) is 23.7 Å². The number of hydrogen-bond acceptors (Lipinski definition) is 3. The lowest BCUT2D eigenvalue weighted by atomic mass is 10.4. The van der Waals surface area contributed by atoms with Crippen molar-refractivity contribution in [3.63, 3.8) is 0 Å². The summed E-state index contributed by atoms with van der Waals surface area (Å²) in [5, 5.41) is 6.55. The molecule has 76 valence electrons. The Bertz CT molecular complexity index is 294. The number of nitrogens with one attached hydrogen (secondary N) is 2. The fourth-order valence-corrected chi connectivity index (χ4v) is 1.38. The summed E-state index contributed by atoms with van der Waals surface area (Å²) < 4.78 is 0. The number of anilines is 2. The van der Waals surface area contributed by atoms with Crippen molar-refractivity contribution in [3.8, 4) is 0 Å². The average molecular weight is 191 g/mol. The van der Waals surface area contributed by atoms with Crippen molar-refractivity contribution >= 4 is 11.6 Å². The lowest BCUT2D eigenvalue weighted by molar-refractivity contribution is 0.883. The summed E-state index contributed by atoms with van der Waals surface area (Å²) in [6.45, 7) is 4.06. The van der Waals surface area contributed by atoms with Crippen LogP contribution in [0, 0.1) is 5.92 Å². The van der Waals surface area contributed by atoms with Gasteiger partial charge in [0, 0.05) is 13.1 Å². The molecule has 0 bridgehead atoms. The van der Waals surface area contributed by atoms with Crippen molar-refractivity contribution in [1.29, 1.82) is 0 Å². The van der Waals surface area contributed by atoms with Gasteiger partial charge in [0.25, 0.3) is 0 Å². The van der Waals surface area contributed by atoms with Gasteiger partial charge in [0.2, 0.25) is 0 Å². The molecule has 0 unspecified atom stereocenters. The van der Waals surface area contributed by atoms with E-state index < -0.39 is 0 Å². The highest BCUT2D eigenvalue weighted by Crippen LogP contribution is 2.28. The van der Waals surface area contributed by atoms with Gasteiger partial charge < -0.3 is 10.6 Å². The van der Waals surface area contributed by atoms with Crippen molar-refractivity contribution in [2.24, 2.45) is 5.92 Å². The largest absolute Gasteiger partial charge is 0.370 e. The van der Waals surface area contributed by atoms with E-state index in [2.05, 4.69) is 22.5 Å². The molecule has 1 heterocycles. The predicted molar refractivity (Wildman–Crippen MR) is 59.6 cm³/mol. The molecule has 2 rings (SSSR count). The van der Waals surface area contributed by atoms with Crippen LogP contribution < -0.4 is 10.6 Å². The maximum atomic E-state index is 4.44. The minimum Gasteiger partial charge on any atom is -0.370 e. The van der Waals surface area contributed by atoms with Crippen LogP contribution in [-0.2, 0) is 0 Å². The van der Waals surface area contributed by atoms with Crippen LogP contribution in [0.4, 0.5) is 11.6 Å². The summed E-state index contributed by atoms with van der Waals surface area (Å²) in [6.07, 6.45) is 2.75. The molecule has 0 spiro atoms. The fraction of sp³-hybridized carbons (Fsp3) is 0.545. The molecule has 1 saturated carbocycles. The van der Waals surface area contributed by atoms with Gasteiger partial charge in [0.05, 0.1) is 0 Å². The third kappa shape index (κ3) is 2.62. The zero-order valence-corrected chi connectivity index (χ0v) is 8.59. The normalized spacial score (nSPS) is 15.2. The van der Waals surface area contributed by atoms with Crippen molar-refractivity contribution < 1.29 is 0 Å². The van der Waals surface area contributed by atoms with Gasteiger partial charge in [-0.3, -0.25) is 0 Å². The summed E-state index contributed by atoms with van der Waals surface area (Å²) in [7, 11) is 0. The molecule has 3 heteroatoms. The lowest BCUT2D eigenvalue weighted by Gasteiger charge is -2.07. The Morgan fingerprint density at radius 1 is 1.29 bits per heavy atom. The molecule has 3 nitrogen and oxygen atoms in total. The molecule has 1 aromatic heterocycles. The molecule has 0 radical (unpaired) electrons. The number of rotatable bonds is 5. The Balaban J connectivity index is 1.90. The molecular formula is C11H17N3. The lowest BCUT2D eigenvalue weighted by Crippen LogP contribution is -2.06. The van der Waals surface area contributed by atoms with E-state index in [0.29, 0.717) is 0 Å². The van der Waals surface area contributed by atoms with Crippen LogP contribution in [0.15, 0.2) is 18.2 Å². The van der Waals surface area contributed by atoms with Gasteiger partial charge in [0.15, 0.2) is 0 Å². The quantitative estimate of drug-likeness (QED) is 0.750. The predicted octanol–water partition coefficient (Wildman–Crippen LogP) is 2.34. The fourth-order valence-electron chi connectivity index (χ4n) is 1.38. The molecule has 0 atom stereocenters. The van der Waals surface area contributed by atoms with Gasteiger partial charge in [-0.05, 0) is 37.8 Å². The Morgan fingerprint density at radius 3 is 2.64 bits per heavy atom. The third-order valence-corrected chi connectivity index (χ3v) is 2.38. The number of aromatic nitrogens is 1. The highest BCUT2D eigenvalue weighted by molar-refractivity contribution is 5.45. The van der Waals surface area contributed by atoms with E-state index in [9.17, 15) is 0 Å². The molecule has 0 saturated heterocycles. The van der Waals surface area contributed by atoms with E-state index in [0.717, 1.165) is 30.6 Å². The number of pyridine rings is 1. The SMILES string of the molecule is CCNc1cccc(NCC2CC2)n1. The zero-order chi connectivity index (χ0) is 9.80. The Morgan fingerprint density at radius 2 is 2.00 bits per heavy atom. The van der Waals surface area contributed by atoms with Crippen molar-refractivity contribution in [3.05, 3.63) is 18.2 Å². The van der Waals surface area contributed by atoms with E-state index in [1.165, 1.54) is 12.8 Å². The van der Waals surface area contributed by atoms with Crippen LogP contribution in [0.25, 0.3) is 0 Å². The first-order valence-corrected chi connectivity index (χ1v) is 5.33. The highest BCUT2D eigenvalue weighted by atomic mass is 15.1. The van der Waals surface area contributed by atoms with Gasteiger partial charge in [-0.15, -0.1) is 0 Å². The van der Waals surface area contributed by atoms with Gasteiger partial charge in [0.1, 0.15) is 11.6 Å². The first-order chi connectivity index (χ1) is 6.88. The molecular weight excluding hydrogens is 174 g/mol. The molecule has 1 aromatic rings. The Hall–Kier alpha value is -1.25. The Labute approximate surface area is 84.9 Å². The van der Waals surface area contributed by atoms with Crippen LogP contribution >= 0.6 is 0 Å². The van der Waals surface area contributed by atoms with Crippen molar-refractivity contribution in [2.45, 2.75) is 19.8 Å². The van der Waals surface area contributed by atoms with E-state index in [1.54, 1.807) is 0 Å². The molecule has 1 fully saturated rings. The standard InChI is InChI=1S/C11H17N3/c1-2-12-10-4-3-5-11(14-10)13-8-9-6-7-9/h3-5,9H,2,6-8H2,1H3,(H2,12,13,14). The summed E-state index contributed by atoms with van der Waals surface area (Å²) in [5.41, 5.74) is 0. The third-order valence-electron chi connectivity index (χ3n) is 2.38. The zero-order valence-electron chi connectivity index (χ0n) is 8.59. The summed E-state index contributed by atoms with van der Waals surface area (Å²) in [5.74, 6) is 2.82. The van der Waals surface area contributed by atoms with Crippen molar-refractivity contribution in [1.82, 2.24) is 4.98 Å². The first kappa shape index (κ1) is 9.31. The van der Waals surface area contributed by atoms with E-state index in [1.807, 2.05) is 18.2 Å². The molecule has 0 aromatic carbocycles. The van der Waals surface area contributed by atoms with Gasteiger partial charge in [-0.2, -0.15) is 0 Å². The molecule has 0 aliphatic heterocycles. The van der Waals surface area contributed by atoms with Crippen LogP contribution in [0.3, 0.4) is 0 Å². The second kappa shape index (κ2) is 4.31. The number of nitrogens with zero attached hydrogens (tertiary/aromatic N) is 1. The molecule has 14 heavy (non-hydrogen) atoms. The Kier molecular flexibility index (Phi) is 2.87. The highest BCUT2D eigenvalue weighted by Gasteiger charge is 2.20. The topological polar surface area (TPSA) is 37.0 Å². The maximum Gasteiger partial charge on any atom is 0.128 e. The molecule has 0 amide bonds. The molecule has 2 N–H and O–H groups in total. The molecule has 1 aliphatic carbocycles. The van der Waals surface area contributed by atoms with Gasteiger partial charge in [-0.1, -0.05) is 6.07 Å². The van der Waals surface area contributed by atoms with Crippen LogP contribution in [0.2, 0.25) is 0 Å². The minimum atomic E-state index is 0.889. The van der Waals surface area contributed by atoms with E-state index in [4.69, 9.17) is 0 Å². The second-order valence-electron chi connectivity index (χ2n) is 3.76. The second-order valence-corrected chi connectivity index (χ2v) is 3.76. The maximum absolute atomic E-state index is 4.44. The smallest absolute Gasteiger partial charge is 0.128 e. The van der Waals surface area contributed by atoms with Gasteiger partial charge in [-0.25, -0.2) is 4.98 Å². The summed E-state index contributed by atoms with van der Waals surface area (Å²) in [6, 6.07) is 6.04. The molecule has 1 aliphatic rings. The number of hydrogen-bond donors (Lipinski definition) is 2. The summed E-state index contributed by atoms with van der Waals surface area (Å²) >= 11 is 0. The van der Waals surface area contributed by atoms with Gasteiger partial charge >= 0.3 is 0 Å². The monoisotopic (exact) mass is 191 g/mol. The van der Waals surface area contributed by atoms with Crippen LogP contribution in [-0.4, -0.2) is 18.1 Å². The minimum absolute atomic E-state index is 0.889. The summed E-state index contributed by atoms with van der Waals surface area (Å²) in [4.78, 5) is 4.44. The van der Waals surface area contributed by atoms with E-state index >= 15 is 0 Å². The van der Waals surface area contributed by atoms with E-state index in [-0.39, 0.29) is 0 Å². The van der Waals surface area contributed by atoms with Crippen LogP contribution in [0.5, 0.6) is 0 Å². The van der Waals surface area contributed by atoms with Crippen LogP contribution in [0.1, 0.15) is 19.8 Å². The average Bonchev–Trinajstić information content (AvgIpc) is 2.99.